The Morgan fingerprint density at radius 2 is 2.17 bits per heavy atom. The number of fused-ring (bicyclic) bond motifs is 1. The first-order valence-electron chi connectivity index (χ1n) is 4.86. The second-order valence-corrected chi connectivity index (χ2v) is 3.53. The predicted octanol–water partition coefficient (Wildman–Crippen LogP) is 2.47. The summed E-state index contributed by atoms with van der Waals surface area (Å²) in [5.41, 5.74) is 1.78. The average molecular weight is 259 g/mol. The quantitative estimate of drug-likeness (QED) is 0.813. The van der Waals surface area contributed by atoms with Gasteiger partial charge in [0, 0.05) is 12.3 Å². The molecule has 0 spiro atoms. The molecule has 0 aliphatic carbocycles. The Balaban J connectivity index is 2.40. The van der Waals surface area contributed by atoms with E-state index in [4.69, 9.17) is 0 Å². The molecule has 0 radical (unpaired) electrons. The lowest BCUT2D eigenvalue weighted by Crippen LogP contribution is -2.07. The molecule has 0 amide bonds. The molecular formula is C10H8F3N3O2. The number of benzene rings is 1. The van der Waals surface area contributed by atoms with Gasteiger partial charge in [0.15, 0.2) is 5.82 Å². The number of aromatic amines is 1. The Bertz CT molecular complexity index is 592. The van der Waals surface area contributed by atoms with E-state index in [1.165, 1.54) is 6.07 Å². The molecule has 0 fully saturated rings. The molecule has 1 aromatic carbocycles. The highest BCUT2D eigenvalue weighted by Gasteiger charge is 2.30. The van der Waals surface area contributed by atoms with Gasteiger partial charge in [-0.15, -0.1) is 0 Å². The third-order valence-electron chi connectivity index (χ3n) is 2.18. The third kappa shape index (κ3) is 2.36. The van der Waals surface area contributed by atoms with E-state index in [1.54, 1.807) is 0 Å². The number of rotatable bonds is 2. The molecule has 0 aliphatic rings. The molecule has 8 heteroatoms. The molecule has 0 saturated carbocycles. The summed E-state index contributed by atoms with van der Waals surface area (Å²) in [4.78, 5) is 15.1. The number of alkyl halides is 3. The predicted molar refractivity (Wildman–Crippen MR) is 56.5 cm³/mol. The highest BCUT2D eigenvalue weighted by molar-refractivity contribution is 5.90. The summed E-state index contributed by atoms with van der Waals surface area (Å²) in [6, 6.07) is 3.12. The summed E-state index contributed by atoms with van der Waals surface area (Å²) in [7, 11) is 0. The van der Waals surface area contributed by atoms with Crippen LogP contribution in [0.5, 0.6) is 0 Å². The van der Waals surface area contributed by atoms with Crippen LogP contribution in [0.1, 0.15) is 12.5 Å². The maximum Gasteiger partial charge on any atom is 0.416 e. The molecule has 1 heterocycles. The fourth-order valence-corrected chi connectivity index (χ4v) is 1.39. The van der Waals surface area contributed by atoms with Gasteiger partial charge in [-0.25, -0.2) is 0 Å². The normalized spacial score (nSPS) is 11.6. The highest BCUT2D eigenvalue weighted by Crippen LogP contribution is 2.32. The van der Waals surface area contributed by atoms with Crippen LogP contribution in [0, 0.1) is 0 Å². The molecule has 0 aliphatic heterocycles. The van der Waals surface area contributed by atoms with Gasteiger partial charge >= 0.3 is 12.1 Å². The van der Waals surface area contributed by atoms with Gasteiger partial charge in [-0.2, -0.15) is 23.8 Å². The molecule has 0 atom stereocenters. The Morgan fingerprint density at radius 1 is 1.44 bits per heavy atom. The Labute approximate surface area is 98.9 Å². The van der Waals surface area contributed by atoms with E-state index < -0.39 is 17.7 Å². The summed E-state index contributed by atoms with van der Waals surface area (Å²) in [5.74, 6) is -0.607. The van der Waals surface area contributed by atoms with Crippen molar-refractivity contribution >= 4 is 22.7 Å². The minimum atomic E-state index is -4.44. The number of nitrogens with one attached hydrogen (secondary N) is 2. The van der Waals surface area contributed by atoms with E-state index in [0.717, 1.165) is 19.1 Å². The maximum atomic E-state index is 12.5. The molecule has 2 N–H and O–H groups in total. The molecule has 1 aromatic heterocycles. The van der Waals surface area contributed by atoms with Gasteiger partial charge in [0.2, 0.25) is 0 Å². The molecule has 0 bridgehead atoms. The third-order valence-corrected chi connectivity index (χ3v) is 2.18. The van der Waals surface area contributed by atoms with Crippen molar-refractivity contribution in [1.82, 2.24) is 10.2 Å². The van der Waals surface area contributed by atoms with Gasteiger partial charge in [-0.1, -0.05) is 0 Å². The Morgan fingerprint density at radius 3 is 2.78 bits per heavy atom. The van der Waals surface area contributed by atoms with Gasteiger partial charge in [0.1, 0.15) is 0 Å². The van der Waals surface area contributed by atoms with Crippen molar-refractivity contribution in [2.75, 3.05) is 5.48 Å². The minimum absolute atomic E-state index is 0.0197. The molecule has 2 rings (SSSR count). The van der Waals surface area contributed by atoms with Crippen LogP contribution in [0.15, 0.2) is 18.2 Å². The van der Waals surface area contributed by atoms with E-state index in [9.17, 15) is 18.0 Å². The van der Waals surface area contributed by atoms with Gasteiger partial charge in [-0.05, 0) is 18.2 Å². The number of carbonyl (C=O) groups is 1. The monoisotopic (exact) mass is 259 g/mol. The zero-order chi connectivity index (χ0) is 13.3. The van der Waals surface area contributed by atoms with Crippen LogP contribution in [0.4, 0.5) is 19.0 Å². The van der Waals surface area contributed by atoms with E-state index in [-0.39, 0.29) is 11.2 Å². The largest absolute Gasteiger partial charge is 0.416 e. The number of hydrogen-bond donors (Lipinski definition) is 2. The lowest BCUT2D eigenvalue weighted by Gasteiger charge is -2.06. The number of H-pyrrole nitrogens is 1. The lowest BCUT2D eigenvalue weighted by atomic mass is 10.1. The fraction of sp³-hybridized carbons (Fsp3) is 0.200. The number of carbonyl (C=O) groups excluding carboxylic acids is 1. The minimum Gasteiger partial charge on any atom is -0.342 e. The Kier molecular flexibility index (Phi) is 2.85. The Hall–Kier alpha value is -2.25. The van der Waals surface area contributed by atoms with Crippen molar-refractivity contribution < 1.29 is 22.8 Å². The smallest absolute Gasteiger partial charge is 0.342 e. The van der Waals surface area contributed by atoms with Crippen LogP contribution in [-0.4, -0.2) is 16.2 Å². The first-order valence-corrected chi connectivity index (χ1v) is 4.86. The van der Waals surface area contributed by atoms with Crippen LogP contribution >= 0.6 is 0 Å². The highest BCUT2D eigenvalue weighted by atomic mass is 19.4. The molecule has 5 nitrogen and oxygen atoms in total. The lowest BCUT2D eigenvalue weighted by molar-refractivity contribution is -0.138. The summed E-state index contributed by atoms with van der Waals surface area (Å²) >= 11 is 0. The first kappa shape index (κ1) is 12.2. The molecule has 0 saturated heterocycles. The zero-order valence-electron chi connectivity index (χ0n) is 9.13. The van der Waals surface area contributed by atoms with Crippen molar-refractivity contribution in [3.63, 3.8) is 0 Å². The van der Waals surface area contributed by atoms with Crippen LogP contribution in [-0.2, 0) is 15.8 Å². The van der Waals surface area contributed by atoms with Gasteiger partial charge < -0.3 is 4.84 Å². The van der Waals surface area contributed by atoms with Crippen molar-refractivity contribution in [2.24, 2.45) is 0 Å². The van der Waals surface area contributed by atoms with Crippen LogP contribution in [0.3, 0.4) is 0 Å². The summed E-state index contributed by atoms with van der Waals surface area (Å²) < 4.78 is 37.6. The second kappa shape index (κ2) is 4.21. The van der Waals surface area contributed by atoms with Crippen molar-refractivity contribution in [3.8, 4) is 0 Å². The van der Waals surface area contributed by atoms with E-state index in [1.807, 2.05) is 0 Å². The molecule has 2 aromatic rings. The number of anilines is 1. The zero-order valence-corrected chi connectivity index (χ0v) is 9.13. The molecule has 0 unspecified atom stereocenters. The van der Waals surface area contributed by atoms with Crippen molar-refractivity contribution in [1.29, 1.82) is 0 Å². The topological polar surface area (TPSA) is 67.0 Å². The number of aromatic nitrogens is 2. The SMILES string of the molecule is CC(=O)ONc1n[nH]c2ccc(C(F)(F)F)cc12. The maximum absolute atomic E-state index is 12.5. The van der Waals surface area contributed by atoms with Crippen LogP contribution < -0.4 is 5.48 Å². The molecular weight excluding hydrogens is 251 g/mol. The van der Waals surface area contributed by atoms with E-state index in [0.29, 0.717) is 5.52 Å². The summed E-state index contributed by atoms with van der Waals surface area (Å²) in [6.45, 7) is 1.16. The number of nitrogens with zero attached hydrogens (tertiary/aromatic N) is 1. The van der Waals surface area contributed by atoms with Crippen molar-refractivity contribution in [3.05, 3.63) is 23.8 Å². The summed E-state index contributed by atoms with van der Waals surface area (Å²) in [6.07, 6.45) is -4.44. The van der Waals surface area contributed by atoms with Gasteiger partial charge in [-0.3, -0.25) is 9.89 Å². The summed E-state index contributed by atoms with van der Waals surface area (Å²) in [5, 5.41) is 6.42. The standard InChI is InChI=1S/C10H8F3N3O2/c1-5(17)18-16-9-7-4-6(10(11,12)13)2-3-8(7)14-15-9/h2-4H,1H3,(H2,14,15,16). The second-order valence-electron chi connectivity index (χ2n) is 3.53. The van der Waals surface area contributed by atoms with Crippen LogP contribution in [0.25, 0.3) is 10.9 Å². The number of hydrogen-bond acceptors (Lipinski definition) is 4. The van der Waals surface area contributed by atoms with Gasteiger partial charge in [0.05, 0.1) is 11.1 Å². The first-order chi connectivity index (χ1) is 8.38. The van der Waals surface area contributed by atoms with Gasteiger partial charge in [0.25, 0.3) is 0 Å². The van der Waals surface area contributed by atoms with Crippen LogP contribution in [0.2, 0.25) is 0 Å². The van der Waals surface area contributed by atoms with E-state index >= 15 is 0 Å². The van der Waals surface area contributed by atoms with Crippen molar-refractivity contribution in [2.45, 2.75) is 13.1 Å². The number of halogens is 3. The fourth-order valence-electron chi connectivity index (χ4n) is 1.39. The van der Waals surface area contributed by atoms with E-state index in [2.05, 4.69) is 20.5 Å². The molecule has 18 heavy (non-hydrogen) atoms. The average Bonchev–Trinajstić information content (AvgIpc) is 2.67. The molecule has 96 valence electrons.